The molecule has 2 aliphatic heterocycles. The van der Waals surface area contributed by atoms with E-state index in [4.69, 9.17) is 0 Å². The Hall–Kier alpha value is -1.89. The number of aromatic nitrogens is 2. The molecule has 7 heteroatoms. The molecule has 2 fully saturated rings. The maximum atomic E-state index is 12.5. The number of amides is 1. The van der Waals surface area contributed by atoms with Crippen LogP contribution in [0.25, 0.3) is 0 Å². The summed E-state index contributed by atoms with van der Waals surface area (Å²) in [6, 6.07) is 10.8. The van der Waals surface area contributed by atoms with Crippen molar-refractivity contribution in [2.24, 2.45) is 5.92 Å². The topological polar surface area (TPSA) is 62.2 Å². The molecule has 30 heavy (non-hydrogen) atoms. The first kappa shape index (κ1) is 22.8. The summed E-state index contributed by atoms with van der Waals surface area (Å²) in [5.41, 5.74) is 2.95. The van der Waals surface area contributed by atoms with Crippen LogP contribution < -0.4 is 10.6 Å². The summed E-state index contributed by atoms with van der Waals surface area (Å²) in [6.45, 7) is 8.28. The van der Waals surface area contributed by atoms with Crippen molar-refractivity contribution in [2.45, 2.75) is 51.7 Å². The minimum Gasteiger partial charge on any atom is -0.347 e. The number of halogens is 1. The highest BCUT2D eigenvalue weighted by molar-refractivity contribution is 5.92. The third kappa shape index (κ3) is 6.06. The maximum Gasteiger partial charge on any atom is 0.272 e. The van der Waals surface area contributed by atoms with Crippen molar-refractivity contribution >= 4 is 18.3 Å². The fourth-order valence-electron chi connectivity index (χ4n) is 4.24. The predicted molar refractivity (Wildman–Crippen MR) is 122 cm³/mol. The van der Waals surface area contributed by atoms with Crippen molar-refractivity contribution in [1.82, 2.24) is 25.3 Å². The van der Waals surface area contributed by atoms with Crippen molar-refractivity contribution in [1.29, 1.82) is 0 Å². The number of carbonyl (C=O) groups excluding carboxylic acids is 1. The Morgan fingerprint density at radius 1 is 1.13 bits per heavy atom. The lowest BCUT2D eigenvalue weighted by Crippen LogP contribution is -2.32. The number of piperidine rings is 2. The maximum absolute atomic E-state index is 12.5. The lowest BCUT2D eigenvalue weighted by Gasteiger charge is -2.30. The van der Waals surface area contributed by atoms with Crippen LogP contribution in [0.15, 0.2) is 36.5 Å². The van der Waals surface area contributed by atoms with Gasteiger partial charge in [0.1, 0.15) is 5.69 Å². The molecule has 4 rings (SSSR count). The summed E-state index contributed by atoms with van der Waals surface area (Å²) >= 11 is 0. The van der Waals surface area contributed by atoms with Crippen LogP contribution in [0.4, 0.5) is 0 Å². The van der Waals surface area contributed by atoms with Crippen LogP contribution in [0.2, 0.25) is 0 Å². The molecule has 1 aromatic carbocycles. The number of hydrogen-bond donors (Lipinski definition) is 2. The minimum atomic E-state index is -0.112. The van der Waals surface area contributed by atoms with Gasteiger partial charge in [0.15, 0.2) is 0 Å². The molecule has 0 saturated carbocycles. The third-order valence-electron chi connectivity index (χ3n) is 6.24. The molecule has 6 nitrogen and oxygen atoms in total. The second kappa shape index (κ2) is 10.9. The predicted octanol–water partition coefficient (Wildman–Crippen LogP) is 3.39. The van der Waals surface area contributed by atoms with Crippen molar-refractivity contribution in [3.8, 4) is 0 Å². The van der Waals surface area contributed by atoms with Crippen molar-refractivity contribution < 1.29 is 4.79 Å². The molecule has 2 aliphatic rings. The number of likely N-dealkylation sites (tertiary alicyclic amines) is 1. The van der Waals surface area contributed by atoms with Gasteiger partial charge in [-0.1, -0.05) is 31.2 Å². The molecule has 1 aromatic heterocycles. The fourth-order valence-corrected chi connectivity index (χ4v) is 4.24. The largest absolute Gasteiger partial charge is 0.347 e. The molecule has 2 saturated heterocycles. The lowest BCUT2D eigenvalue weighted by atomic mass is 9.99. The number of rotatable bonds is 6. The molecule has 3 heterocycles. The van der Waals surface area contributed by atoms with E-state index in [0.717, 1.165) is 44.0 Å². The summed E-state index contributed by atoms with van der Waals surface area (Å²) in [5, 5.41) is 10.9. The Morgan fingerprint density at radius 2 is 1.87 bits per heavy atom. The van der Waals surface area contributed by atoms with Gasteiger partial charge in [0.2, 0.25) is 0 Å². The molecule has 164 valence electrons. The van der Waals surface area contributed by atoms with Gasteiger partial charge in [-0.15, -0.1) is 12.4 Å². The van der Waals surface area contributed by atoms with Crippen LogP contribution >= 0.6 is 12.4 Å². The summed E-state index contributed by atoms with van der Waals surface area (Å²) in [4.78, 5) is 15.0. The smallest absolute Gasteiger partial charge is 0.272 e. The zero-order chi connectivity index (χ0) is 20.1. The zero-order valence-corrected chi connectivity index (χ0v) is 18.7. The van der Waals surface area contributed by atoms with E-state index in [1.807, 2.05) is 16.9 Å². The summed E-state index contributed by atoms with van der Waals surface area (Å²) in [6.07, 6.45) is 6.79. The van der Waals surface area contributed by atoms with Gasteiger partial charge in [0, 0.05) is 25.8 Å². The highest BCUT2D eigenvalue weighted by Gasteiger charge is 2.18. The lowest BCUT2D eigenvalue weighted by molar-refractivity contribution is 0.0944. The summed E-state index contributed by atoms with van der Waals surface area (Å²) in [7, 11) is 0. The second-order valence-electron chi connectivity index (χ2n) is 8.64. The number of hydrogen-bond acceptors (Lipinski definition) is 4. The first-order valence-electron chi connectivity index (χ1n) is 11.0. The van der Waals surface area contributed by atoms with E-state index in [1.54, 1.807) is 0 Å². The highest BCUT2D eigenvalue weighted by atomic mass is 35.5. The molecular weight excluding hydrogens is 398 g/mol. The minimum absolute atomic E-state index is 0. The van der Waals surface area contributed by atoms with Crippen LogP contribution in [0.3, 0.4) is 0 Å². The molecule has 0 aliphatic carbocycles. The average Bonchev–Trinajstić information content (AvgIpc) is 3.26. The van der Waals surface area contributed by atoms with Gasteiger partial charge in [-0.05, 0) is 68.4 Å². The normalized spacial score (nSPS) is 20.5. The Labute approximate surface area is 185 Å². The molecule has 0 spiro atoms. The standard InChI is InChI=1S/C23H33N5O.ClH/c1-18-8-12-27(13-9-18)17-20-6-4-19(5-7-20)15-25-23(29)22-10-14-28(26-22)21-3-2-11-24-16-21;/h4-7,10,14,18,21,24H,2-3,8-9,11-13,15-17H2,1H3,(H,25,29);1H. The Bertz CT molecular complexity index is 792. The number of benzene rings is 1. The Morgan fingerprint density at radius 3 is 2.57 bits per heavy atom. The first-order chi connectivity index (χ1) is 14.2. The van der Waals surface area contributed by atoms with Gasteiger partial charge in [0.05, 0.1) is 6.04 Å². The average molecular weight is 432 g/mol. The highest BCUT2D eigenvalue weighted by Crippen LogP contribution is 2.18. The van der Waals surface area contributed by atoms with E-state index < -0.39 is 0 Å². The van der Waals surface area contributed by atoms with Crippen LogP contribution in [0.5, 0.6) is 0 Å². The van der Waals surface area contributed by atoms with Crippen LogP contribution in [-0.4, -0.2) is 46.8 Å². The van der Waals surface area contributed by atoms with Gasteiger partial charge in [-0.2, -0.15) is 5.10 Å². The number of nitrogens with zero attached hydrogens (tertiary/aromatic N) is 3. The Kier molecular flexibility index (Phi) is 8.31. The molecule has 2 N–H and O–H groups in total. The van der Waals surface area contributed by atoms with Gasteiger partial charge < -0.3 is 10.6 Å². The van der Waals surface area contributed by atoms with E-state index in [-0.39, 0.29) is 18.3 Å². The zero-order valence-electron chi connectivity index (χ0n) is 17.8. The number of carbonyl (C=O) groups is 1. The molecule has 0 bridgehead atoms. The summed E-state index contributed by atoms with van der Waals surface area (Å²) in [5.74, 6) is 0.752. The van der Waals surface area contributed by atoms with E-state index in [0.29, 0.717) is 18.3 Å². The Balaban J connectivity index is 0.00000256. The van der Waals surface area contributed by atoms with Crippen LogP contribution in [0.1, 0.15) is 60.3 Å². The second-order valence-corrected chi connectivity index (χ2v) is 8.64. The summed E-state index contributed by atoms with van der Waals surface area (Å²) < 4.78 is 1.93. The van der Waals surface area contributed by atoms with E-state index >= 15 is 0 Å². The molecule has 2 aromatic rings. The monoisotopic (exact) mass is 431 g/mol. The van der Waals surface area contributed by atoms with Crippen LogP contribution in [0, 0.1) is 5.92 Å². The SMILES string of the molecule is CC1CCN(Cc2ccc(CNC(=O)c3ccn(C4CCCNC4)n3)cc2)CC1.Cl. The molecule has 1 unspecified atom stereocenters. The first-order valence-corrected chi connectivity index (χ1v) is 11.0. The van der Waals surface area contributed by atoms with Crippen molar-refractivity contribution in [2.75, 3.05) is 26.2 Å². The van der Waals surface area contributed by atoms with E-state index in [9.17, 15) is 4.79 Å². The third-order valence-corrected chi connectivity index (χ3v) is 6.24. The molecule has 0 radical (unpaired) electrons. The number of nitrogens with one attached hydrogen (secondary N) is 2. The van der Waals surface area contributed by atoms with Crippen LogP contribution in [-0.2, 0) is 13.1 Å². The molecule has 1 amide bonds. The van der Waals surface area contributed by atoms with E-state index in [1.165, 1.54) is 31.5 Å². The van der Waals surface area contributed by atoms with Crippen molar-refractivity contribution in [3.05, 3.63) is 53.3 Å². The fraction of sp³-hybridized carbons (Fsp3) is 0.565. The molecular formula is C23H34ClN5O. The van der Waals surface area contributed by atoms with Gasteiger partial charge >= 0.3 is 0 Å². The van der Waals surface area contributed by atoms with Gasteiger partial charge in [0.25, 0.3) is 5.91 Å². The molecule has 1 atom stereocenters. The quantitative estimate of drug-likeness (QED) is 0.735. The van der Waals surface area contributed by atoms with Gasteiger partial charge in [-0.25, -0.2) is 0 Å². The van der Waals surface area contributed by atoms with Gasteiger partial charge in [-0.3, -0.25) is 14.4 Å². The van der Waals surface area contributed by atoms with Crippen molar-refractivity contribution in [3.63, 3.8) is 0 Å². The van der Waals surface area contributed by atoms with E-state index in [2.05, 4.69) is 51.8 Å².